The van der Waals surface area contributed by atoms with Gasteiger partial charge in [0.05, 0.1) is 5.02 Å². The van der Waals surface area contributed by atoms with Gasteiger partial charge < -0.3 is 5.11 Å². The average molecular weight is 387 g/mol. The third-order valence-electron chi connectivity index (χ3n) is 3.67. The van der Waals surface area contributed by atoms with Crippen molar-refractivity contribution in [3.8, 4) is 0 Å². The number of fused-ring (bicyclic) bond motifs is 1. The Kier molecular flexibility index (Phi) is 4.36. The van der Waals surface area contributed by atoms with E-state index in [9.17, 15) is 9.90 Å². The first-order chi connectivity index (χ1) is 10.1. The Morgan fingerprint density at radius 2 is 2.29 bits per heavy atom. The maximum atomic E-state index is 11.7. The molecule has 0 saturated carbocycles. The zero-order valence-electron chi connectivity index (χ0n) is 11.1. The molecule has 1 aromatic heterocycles. The van der Waals surface area contributed by atoms with Crippen LogP contribution in [0.25, 0.3) is 0 Å². The second-order valence-corrected chi connectivity index (χ2v) is 7.27. The fourth-order valence-corrected chi connectivity index (χ4v) is 4.15. The molecule has 3 nitrogen and oxygen atoms in total. The summed E-state index contributed by atoms with van der Waals surface area (Å²) in [6, 6.07) is 7.09. The number of aliphatic carboxylic acids is 1. The molecule has 1 N–H and O–H groups in total. The molecular formula is C15H13BrClNO2S. The van der Waals surface area contributed by atoms with E-state index in [4.69, 9.17) is 11.6 Å². The van der Waals surface area contributed by atoms with Crippen LogP contribution in [-0.4, -0.2) is 22.5 Å². The molecule has 0 fully saturated rings. The van der Waals surface area contributed by atoms with E-state index >= 15 is 0 Å². The summed E-state index contributed by atoms with van der Waals surface area (Å²) in [5.74, 6) is -0.789. The lowest BCUT2D eigenvalue weighted by molar-refractivity contribution is -0.144. The fourth-order valence-electron chi connectivity index (χ4n) is 2.70. The second kappa shape index (κ2) is 6.08. The molecule has 1 aromatic carbocycles. The van der Waals surface area contributed by atoms with Crippen molar-refractivity contribution in [1.29, 1.82) is 0 Å². The van der Waals surface area contributed by atoms with Gasteiger partial charge in [-0.3, -0.25) is 9.69 Å². The van der Waals surface area contributed by atoms with Gasteiger partial charge in [0.25, 0.3) is 0 Å². The van der Waals surface area contributed by atoms with Gasteiger partial charge in [-0.05, 0) is 57.1 Å². The zero-order chi connectivity index (χ0) is 15.0. The third-order valence-corrected chi connectivity index (χ3v) is 5.88. The molecule has 1 aliphatic rings. The number of hydrogen-bond donors (Lipinski definition) is 1. The lowest BCUT2D eigenvalue weighted by atomic mass is 9.99. The number of hydrogen-bond acceptors (Lipinski definition) is 3. The van der Waals surface area contributed by atoms with Gasteiger partial charge in [-0.2, -0.15) is 0 Å². The maximum absolute atomic E-state index is 11.7. The number of halogens is 2. The zero-order valence-corrected chi connectivity index (χ0v) is 14.2. The van der Waals surface area contributed by atoms with E-state index in [0.29, 0.717) is 11.6 Å². The standard InChI is InChI=1S/C15H13BrClNO2S/c16-11-7-9(1-2-12(11)17)8-18-5-3-13-10(4-6-21-13)14(18)15(19)20/h1-2,4,6-7,14H,3,5,8H2,(H,19,20). The van der Waals surface area contributed by atoms with E-state index < -0.39 is 12.0 Å². The van der Waals surface area contributed by atoms with Crippen LogP contribution in [0.2, 0.25) is 5.02 Å². The number of carboxylic acid groups (broad SMARTS) is 1. The fraction of sp³-hybridized carbons (Fsp3) is 0.267. The summed E-state index contributed by atoms with van der Waals surface area (Å²) >= 11 is 11.1. The minimum Gasteiger partial charge on any atom is -0.480 e. The molecule has 110 valence electrons. The van der Waals surface area contributed by atoms with Gasteiger partial charge in [0.15, 0.2) is 0 Å². The number of thiophene rings is 1. The summed E-state index contributed by atoms with van der Waals surface area (Å²) in [7, 11) is 0. The Hall–Kier alpha value is -0.880. The van der Waals surface area contributed by atoms with E-state index in [2.05, 4.69) is 15.9 Å². The number of benzene rings is 1. The summed E-state index contributed by atoms with van der Waals surface area (Å²) in [4.78, 5) is 14.9. The van der Waals surface area contributed by atoms with Crippen LogP contribution in [0.3, 0.4) is 0 Å². The highest BCUT2D eigenvalue weighted by molar-refractivity contribution is 9.10. The second-order valence-electron chi connectivity index (χ2n) is 5.01. The van der Waals surface area contributed by atoms with Crippen LogP contribution in [0.4, 0.5) is 0 Å². The summed E-state index contributed by atoms with van der Waals surface area (Å²) in [5, 5.41) is 12.2. The highest BCUT2D eigenvalue weighted by atomic mass is 79.9. The largest absolute Gasteiger partial charge is 0.480 e. The van der Waals surface area contributed by atoms with Crippen LogP contribution in [-0.2, 0) is 17.8 Å². The first kappa shape index (κ1) is 15.0. The van der Waals surface area contributed by atoms with Gasteiger partial charge in [-0.15, -0.1) is 11.3 Å². The molecule has 3 rings (SSSR count). The lowest BCUT2D eigenvalue weighted by Crippen LogP contribution is -2.38. The Labute approximate surface area is 140 Å². The Morgan fingerprint density at radius 3 is 3.00 bits per heavy atom. The highest BCUT2D eigenvalue weighted by Crippen LogP contribution is 2.35. The van der Waals surface area contributed by atoms with Gasteiger partial charge in [-0.1, -0.05) is 17.7 Å². The molecule has 0 amide bonds. The lowest BCUT2D eigenvalue weighted by Gasteiger charge is -2.33. The number of rotatable bonds is 3. The summed E-state index contributed by atoms with van der Waals surface area (Å²) < 4.78 is 0.835. The minimum absolute atomic E-state index is 0.561. The van der Waals surface area contributed by atoms with E-state index in [1.165, 1.54) is 4.88 Å². The van der Waals surface area contributed by atoms with E-state index in [-0.39, 0.29) is 0 Å². The molecule has 0 saturated heterocycles. The normalized spacial score (nSPS) is 18.5. The molecule has 1 aliphatic heterocycles. The topological polar surface area (TPSA) is 40.5 Å². The third kappa shape index (κ3) is 3.01. The molecule has 6 heteroatoms. The molecule has 1 unspecified atom stereocenters. The summed E-state index contributed by atoms with van der Waals surface area (Å²) in [5.41, 5.74) is 1.99. The monoisotopic (exact) mass is 385 g/mol. The van der Waals surface area contributed by atoms with Gasteiger partial charge in [-0.25, -0.2) is 0 Å². The molecule has 0 radical (unpaired) electrons. The van der Waals surface area contributed by atoms with Crippen molar-refractivity contribution in [2.45, 2.75) is 19.0 Å². The highest BCUT2D eigenvalue weighted by Gasteiger charge is 2.33. The molecule has 2 aromatic rings. The Morgan fingerprint density at radius 1 is 1.48 bits per heavy atom. The molecule has 21 heavy (non-hydrogen) atoms. The van der Waals surface area contributed by atoms with Crippen molar-refractivity contribution < 1.29 is 9.90 Å². The maximum Gasteiger partial charge on any atom is 0.325 e. The number of nitrogens with zero attached hydrogens (tertiary/aromatic N) is 1. The van der Waals surface area contributed by atoms with Crippen molar-refractivity contribution in [3.05, 3.63) is 55.1 Å². The minimum atomic E-state index is -0.789. The van der Waals surface area contributed by atoms with Crippen LogP contribution >= 0.6 is 38.9 Å². The van der Waals surface area contributed by atoms with E-state index in [1.54, 1.807) is 11.3 Å². The van der Waals surface area contributed by atoms with Gasteiger partial charge in [0, 0.05) is 22.4 Å². The first-order valence-corrected chi connectivity index (χ1v) is 8.58. The SMILES string of the molecule is O=C(O)C1c2ccsc2CCN1Cc1ccc(Cl)c(Br)c1. The number of carboxylic acids is 1. The predicted molar refractivity (Wildman–Crippen MR) is 88.0 cm³/mol. The number of carbonyl (C=O) groups is 1. The summed E-state index contributed by atoms with van der Waals surface area (Å²) in [6.07, 6.45) is 0.908. The van der Waals surface area contributed by atoms with Crippen LogP contribution in [0.1, 0.15) is 22.0 Å². The molecule has 1 atom stereocenters. The van der Waals surface area contributed by atoms with Crippen LogP contribution < -0.4 is 0 Å². The smallest absolute Gasteiger partial charge is 0.325 e. The molecule has 0 bridgehead atoms. The van der Waals surface area contributed by atoms with Crippen molar-refractivity contribution in [1.82, 2.24) is 4.90 Å². The average Bonchev–Trinajstić information content (AvgIpc) is 2.90. The van der Waals surface area contributed by atoms with Crippen LogP contribution in [0.5, 0.6) is 0 Å². The molecule has 0 aliphatic carbocycles. The van der Waals surface area contributed by atoms with Gasteiger partial charge in [0.1, 0.15) is 6.04 Å². The summed E-state index contributed by atoms with van der Waals surface area (Å²) in [6.45, 7) is 1.35. The predicted octanol–water partition coefficient (Wildman–Crippen LogP) is 4.35. The Balaban J connectivity index is 1.88. The molecule has 0 spiro atoms. The van der Waals surface area contributed by atoms with Gasteiger partial charge >= 0.3 is 5.97 Å². The molecule has 2 heterocycles. The quantitative estimate of drug-likeness (QED) is 0.852. The van der Waals surface area contributed by atoms with Gasteiger partial charge in [0.2, 0.25) is 0 Å². The van der Waals surface area contributed by atoms with Crippen LogP contribution in [0.15, 0.2) is 34.1 Å². The van der Waals surface area contributed by atoms with Crippen molar-refractivity contribution in [2.75, 3.05) is 6.54 Å². The molecular weight excluding hydrogens is 374 g/mol. The van der Waals surface area contributed by atoms with Crippen molar-refractivity contribution in [2.24, 2.45) is 0 Å². The van der Waals surface area contributed by atoms with Crippen molar-refractivity contribution >= 4 is 44.8 Å². The van der Waals surface area contributed by atoms with Crippen LogP contribution in [0, 0.1) is 0 Å². The Bertz CT molecular complexity index is 688. The van der Waals surface area contributed by atoms with Crippen molar-refractivity contribution in [3.63, 3.8) is 0 Å². The first-order valence-electron chi connectivity index (χ1n) is 6.53. The van der Waals surface area contributed by atoms with E-state index in [1.807, 2.05) is 34.5 Å². The van der Waals surface area contributed by atoms with E-state index in [0.717, 1.165) is 28.6 Å².